The standard InChI is InChI=1S/C15H30N2/c1-12(2)14-10-16(11-14)8-13-6-7-17(9-13)15(3,4)5/h12-14H,6-11H2,1-5H3/t13-/m0/s1. The van der Waals surface area contributed by atoms with Gasteiger partial charge in [0.2, 0.25) is 0 Å². The van der Waals surface area contributed by atoms with Crippen molar-refractivity contribution >= 4 is 0 Å². The van der Waals surface area contributed by atoms with Crippen molar-refractivity contribution in [1.29, 1.82) is 0 Å². The van der Waals surface area contributed by atoms with E-state index in [0.717, 1.165) is 17.8 Å². The molecule has 0 amide bonds. The number of hydrogen-bond acceptors (Lipinski definition) is 2. The van der Waals surface area contributed by atoms with Crippen molar-refractivity contribution < 1.29 is 0 Å². The Morgan fingerprint density at radius 2 is 1.76 bits per heavy atom. The Kier molecular flexibility index (Phi) is 3.84. The lowest BCUT2D eigenvalue weighted by Gasteiger charge is -2.43. The molecule has 0 aliphatic carbocycles. The van der Waals surface area contributed by atoms with Crippen molar-refractivity contribution in [3.8, 4) is 0 Å². The van der Waals surface area contributed by atoms with Crippen LogP contribution < -0.4 is 0 Å². The van der Waals surface area contributed by atoms with Crippen LogP contribution in [0.5, 0.6) is 0 Å². The van der Waals surface area contributed by atoms with Crippen molar-refractivity contribution in [2.75, 3.05) is 32.7 Å². The van der Waals surface area contributed by atoms with Gasteiger partial charge in [0.25, 0.3) is 0 Å². The van der Waals surface area contributed by atoms with E-state index in [-0.39, 0.29) is 0 Å². The van der Waals surface area contributed by atoms with E-state index in [1.54, 1.807) is 0 Å². The third kappa shape index (κ3) is 3.23. The quantitative estimate of drug-likeness (QED) is 0.746. The lowest BCUT2D eigenvalue weighted by atomic mass is 9.87. The summed E-state index contributed by atoms with van der Waals surface area (Å²) in [5.74, 6) is 2.76. The maximum atomic E-state index is 2.67. The second-order valence-electron chi connectivity index (χ2n) is 7.49. The van der Waals surface area contributed by atoms with Gasteiger partial charge in [-0.3, -0.25) is 4.90 Å². The molecule has 2 fully saturated rings. The monoisotopic (exact) mass is 238 g/mol. The molecule has 0 radical (unpaired) electrons. The number of nitrogens with zero attached hydrogens (tertiary/aromatic N) is 2. The van der Waals surface area contributed by atoms with Crippen molar-refractivity contribution in [3.63, 3.8) is 0 Å². The van der Waals surface area contributed by atoms with Crippen LogP contribution in [0, 0.1) is 17.8 Å². The fraction of sp³-hybridized carbons (Fsp3) is 1.00. The van der Waals surface area contributed by atoms with Crippen LogP contribution in [0.1, 0.15) is 41.0 Å². The van der Waals surface area contributed by atoms with E-state index in [9.17, 15) is 0 Å². The second kappa shape index (κ2) is 4.89. The lowest BCUT2D eigenvalue weighted by molar-refractivity contribution is 0.0521. The van der Waals surface area contributed by atoms with Gasteiger partial charge in [-0.05, 0) is 51.5 Å². The molecule has 2 heterocycles. The molecule has 2 nitrogen and oxygen atoms in total. The van der Waals surface area contributed by atoms with Gasteiger partial charge in [-0.25, -0.2) is 0 Å². The Labute approximate surface area is 107 Å². The second-order valence-corrected chi connectivity index (χ2v) is 7.49. The SMILES string of the molecule is CC(C)C1CN(C[C@@H]2CCN(C(C)(C)C)C2)C1. The summed E-state index contributed by atoms with van der Waals surface area (Å²) in [5.41, 5.74) is 0.365. The normalized spacial score (nSPS) is 28.9. The molecular formula is C15H30N2. The lowest BCUT2D eigenvalue weighted by Crippen LogP contribution is -2.51. The average Bonchev–Trinajstić information content (AvgIpc) is 2.57. The van der Waals surface area contributed by atoms with E-state index in [2.05, 4.69) is 44.4 Å². The number of likely N-dealkylation sites (tertiary alicyclic amines) is 2. The van der Waals surface area contributed by atoms with Crippen molar-refractivity contribution in [2.24, 2.45) is 17.8 Å². The highest BCUT2D eigenvalue weighted by Crippen LogP contribution is 2.29. The summed E-state index contributed by atoms with van der Waals surface area (Å²) in [6.45, 7) is 18.4. The largest absolute Gasteiger partial charge is 0.302 e. The summed E-state index contributed by atoms with van der Waals surface area (Å²) in [5, 5.41) is 0. The molecule has 0 bridgehead atoms. The van der Waals surface area contributed by atoms with Crippen molar-refractivity contribution in [2.45, 2.75) is 46.6 Å². The van der Waals surface area contributed by atoms with Crippen LogP contribution in [0.3, 0.4) is 0 Å². The molecule has 17 heavy (non-hydrogen) atoms. The number of rotatable bonds is 3. The third-order valence-corrected chi connectivity index (χ3v) is 4.68. The highest BCUT2D eigenvalue weighted by molar-refractivity contribution is 4.89. The summed E-state index contributed by atoms with van der Waals surface area (Å²) < 4.78 is 0. The van der Waals surface area contributed by atoms with Crippen LogP contribution >= 0.6 is 0 Å². The fourth-order valence-electron chi connectivity index (χ4n) is 3.14. The van der Waals surface area contributed by atoms with Crippen LogP contribution in [0.25, 0.3) is 0 Å². The molecule has 0 unspecified atom stereocenters. The maximum Gasteiger partial charge on any atom is 0.0125 e. The van der Waals surface area contributed by atoms with Crippen LogP contribution in [0.2, 0.25) is 0 Å². The minimum atomic E-state index is 0.365. The first kappa shape index (κ1) is 13.4. The highest BCUT2D eigenvalue weighted by atomic mass is 15.2. The van der Waals surface area contributed by atoms with Crippen molar-refractivity contribution in [3.05, 3.63) is 0 Å². The predicted molar refractivity (Wildman–Crippen MR) is 74.2 cm³/mol. The molecule has 0 saturated carbocycles. The van der Waals surface area contributed by atoms with E-state index < -0.39 is 0 Å². The zero-order valence-corrected chi connectivity index (χ0v) is 12.4. The smallest absolute Gasteiger partial charge is 0.0125 e. The Morgan fingerprint density at radius 1 is 1.12 bits per heavy atom. The summed E-state index contributed by atoms with van der Waals surface area (Å²) >= 11 is 0. The van der Waals surface area contributed by atoms with Gasteiger partial charge in [-0.15, -0.1) is 0 Å². The Bertz CT molecular complexity index is 248. The Hall–Kier alpha value is -0.0800. The van der Waals surface area contributed by atoms with Gasteiger partial charge in [0, 0.05) is 31.7 Å². The Balaban J connectivity index is 1.70. The van der Waals surface area contributed by atoms with E-state index in [1.165, 1.54) is 39.1 Å². The predicted octanol–water partition coefficient (Wildman–Crippen LogP) is 2.69. The molecule has 2 saturated heterocycles. The van der Waals surface area contributed by atoms with Gasteiger partial charge in [0.1, 0.15) is 0 Å². The summed E-state index contributed by atoms with van der Waals surface area (Å²) in [6.07, 6.45) is 1.40. The van der Waals surface area contributed by atoms with Crippen LogP contribution in [-0.4, -0.2) is 48.1 Å². The fourth-order valence-corrected chi connectivity index (χ4v) is 3.14. The van der Waals surface area contributed by atoms with Gasteiger partial charge in [-0.2, -0.15) is 0 Å². The summed E-state index contributed by atoms with van der Waals surface area (Å²) in [6, 6.07) is 0. The first-order valence-corrected chi connectivity index (χ1v) is 7.33. The first-order valence-electron chi connectivity index (χ1n) is 7.33. The molecule has 2 aliphatic heterocycles. The molecular weight excluding hydrogens is 208 g/mol. The molecule has 0 aromatic carbocycles. The first-order chi connectivity index (χ1) is 7.86. The van der Waals surface area contributed by atoms with Gasteiger partial charge >= 0.3 is 0 Å². The van der Waals surface area contributed by atoms with E-state index in [1.807, 2.05) is 0 Å². The molecule has 0 spiro atoms. The van der Waals surface area contributed by atoms with Gasteiger partial charge in [0.05, 0.1) is 0 Å². The van der Waals surface area contributed by atoms with E-state index in [4.69, 9.17) is 0 Å². The number of hydrogen-bond donors (Lipinski definition) is 0. The van der Waals surface area contributed by atoms with Crippen LogP contribution in [0.15, 0.2) is 0 Å². The molecule has 2 heteroatoms. The minimum absolute atomic E-state index is 0.365. The zero-order chi connectivity index (χ0) is 12.6. The van der Waals surface area contributed by atoms with Gasteiger partial charge in [0.15, 0.2) is 0 Å². The van der Waals surface area contributed by atoms with E-state index in [0.29, 0.717) is 5.54 Å². The molecule has 1 atom stereocenters. The maximum absolute atomic E-state index is 2.67. The van der Waals surface area contributed by atoms with Crippen LogP contribution in [0.4, 0.5) is 0 Å². The minimum Gasteiger partial charge on any atom is -0.302 e. The summed E-state index contributed by atoms with van der Waals surface area (Å²) in [4.78, 5) is 5.32. The summed E-state index contributed by atoms with van der Waals surface area (Å²) in [7, 11) is 0. The van der Waals surface area contributed by atoms with Crippen molar-refractivity contribution in [1.82, 2.24) is 9.80 Å². The molecule has 0 aromatic rings. The highest BCUT2D eigenvalue weighted by Gasteiger charge is 2.34. The van der Waals surface area contributed by atoms with Gasteiger partial charge < -0.3 is 4.90 Å². The van der Waals surface area contributed by atoms with Crippen LogP contribution in [-0.2, 0) is 0 Å². The molecule has 0 aromatic heterocycles. The third-order valence-electron chi connectivity index (χ3n) is 4.68. The Morgan fingerprint density at radius 3 is 2.24 bits per heavy atom. The average molecular weight is 238 g/mol. The molecule has 2 aliphatic rings. The molecule has 0 N–H and O–H groups in total. The topological polar surface area (TPSA) is 6.48 Å². The van der Waals surface area contributed by atoms with Gasteiger partial charge in [-0.1, -0.05) is 13.8 Å². The van der Waals surface area contributed by atoms with E-state index >= 15 is 0 Å². The molecule has 100 valence electrons. The zero-order valence-electron chi connectivity index (χ0n) is 12.4. The molecule has 2 rings (SSSR count).